The number of rotatable bonds is 6. The van der Waals surface area contributed by atoms with E-state index < -0.39 is 21.4 Å². The molecule has 21 heavy (non-hydrogen) atoms. The van der Waals surface area contributed by atoms with Crippen LogP contribution in [0.5, 0.6) is 0 Å². The quantitative estimate of drug-likeness (QED) is 0.819. The summed E-state index contributed by atoms with van der Waals surface area (Å²) < 4.78 is 28.4. The Balaban J connectivity index is 2.11. The van der Waals surface area contributed by atoms with Crippen molar-refractivity contribution in [2.24, 2.45) is 12.5 Å². The predicted octanol–water partition coefficient (Wildman–Crippen LogP) is 1.12. The maximum absolute atomic E-state index is 12.3. The summed E-state index contributed by atoms with van der Waals surface area (Å²) in [5, 5.41) is 13.0. The average molecular weight is 315 g/mol. The first-order valence-electron chi connectivity index (χ1n) is 7.04. The van der Waals surface area contributed by atoms with Crippen LogP contribution in [0.1, 0.15) is 38.5 Å². The van der Waals surface area contributed by atoms with Crippen molar-refractivity contribution in [3.63, 3.8) is 0 Å². The largest absolute Gasteiger partial charge is 0.481 e. The van der Waals surface area contributed by atoms with Crippen LogP contribution < -0.4 is 4.72 Å². The number of carbonyl (C=O) groups is 1. The van der Waals surface area contributed by atoms with Crippen molar-refractivity contribution in [3.8, 4) is 0 Å². The van der Waals surface area contributed by atoms with Crippen LogP contribution >= 0.6 is 0 Å². The van der Waals surface area contributed by atoms with Gasteiger partial charge < -0.3 is 5.11 Å². The van der Waals surface area contributed by atoms with E-state index in [1.54, 1.807) is 7.05 Å². The van der Waals surface area contributed by atoms with Crippen LogP contribution in [0.2, 0.25) is 0 Å². The summed E-state index contributed by atoms with van der Waals surface area (Å²) in [6.45, 7) is 0.160. The predicted molar refractivity (Wildman–Crippen MR) is 76.2 cm³/mol. The second kappa shape index (κ2) is 6.15. The summed E-state index contributed by atoms with van der Waals surface area (Å²) in [7, 11) is -2.11. The Morgan fingerprint density at radius 2 is 2.10 bits per heavy atom. The Bertz CT molecular complexity index is 603. The Morgan fingerprint density at radius 1 is 1.43 bits per heavy atom. The minimum atomic E-state index is -3.66. The number of nitrogens with one attached hydrogen (secondary N) is 1. The van der Waals surface area contributed by atoms with E-state index in [2.05, 4.69) is 9.82 Å². The molecule has 0 spiro atoms. The number of aromatic nitrogens is 2. The molecule has 2 N–H and O–H groups in total. The van der Waals surface area contributed by atoms with Gasteiger partial charge in [0.05, 0.1) is 12.6 Å². The lowest BCUT2D eigenvalue weighted by Gasteiger charge is -2.36. The highest BCUT2D eigenvalue weighted by Crippen LogP contribution is 2.39. The fourth-order valence-electron chi connectivity index (χ4n) is 2.99. The topological polar surface area (TPSA) is 101 Å². The molecule has 1 aromatic rings. The summed E-state index contributed by atoms with van der Waals surface area (Å²) >= 11 is 0. The van der Waals surface area contributed by atoms with Gasteiger partial charge in [-0.25, -0.2) is 13.1 Å². The molecule has 2 rings (SSSR count). The van der Waals surface area contributed by atoms with Gasteiger partial charge in [0.25, 0.3) is 10.0 Å². The summed E-state index contributed by atoms with van der Waals surface area (Å²) in [5.41, 5.74) is -0.476. The molecule has 8 heteroatoms. The van der Waals surface area contributed by atoms with E-state index in [1.807, 2.05) is 0 Å². The first-order chi connectivity index (χ1) is 9.85. The van der Waals surface area contributed by atoms with Gasteiger partial charge in [0.1, 0.15) is 0 Å². The van der Waals surface area contributed by atoms with E-state index in [9.17, 15) is 13.2 Å². The third-order valence-electron chi connectivity index (χ3n) is 4.13. The van der Waals surface area contributed by atoms with E-state index in [4.69, 9.17) is 5.11 Å². The first-order valence-corrected chi connectivity index (χ1v) is 8.52. The SMILES string of the molecule is Cn1nccc1S(=O)(=O)NCC1(CC(=O)O)CCCCC1. The van der Waals surface area contributed by atoms with Crippen LogP contribution in [0.25, 0.3) is 0 Å². The van der Waals surface area contributed by atoms with E-state index >= 15 is 0 Å². The van der Waals surface area contributed by atoms with Crippen molar-refractivity contribution >= 4 is 16.0 Å². The van der Waals surface area contributed by atoms with Crippen molar-refractivity contribution in [3.05, 3.63) is 12.3 Å². The van der Waals surface area contributed by atoms with Crippen LogP contribution in [0.15, 0.2) is 17.3 Å². The second-order valence-electron chi connectivity index (χ2n) is 5.75. The average Bonchev–Trinajstić information content (AvgIpc) is 2.84. The van der Waals surface area contributed by atoms with Crippen molar-refractivity contribution in [1.82, 2.24) is 14.5 Å². The molecule has 0 bridgehead atoms. The van der Waals surface area contributed by atoms with Crippen LogP contribution in [0.3, 0.4) is 0 Å². The molecule has 1 aliphatic carbocycles. The monoisotopic (exact) mass is 315 g/mol. The molecule has 0 aliphatic heterocycles. The van der Waals surface area contributed by atoms with E-state index in [-0.39, 0.29) is 18.0 Å². The molecular weight excluding hydrogens is 294 g/mol. The van der Waals surface area contributed by atoms with Gasteiger partial charge >= 0.3 is 5.97 Å². The van der Waals surface area contributed by atoms with Crippen LogP contribution in [-0.4, -0.2) is 35.8 Å². The number of aliphatic carboxylic acids is 1. The molecule has 7 nitrogen and oxygen atoms in total. The maximum atomic E-state index is 12.3. The molecule has 1 heterocycles. The number of carboxylic acids is 1. The van der Waals surface area contributed by atoms with Crippen molar-refractivity contribution in [2.45, 2.75) is 43.6 Å². The molecule has 1 aromatic heterocycles. The highest BCUT2D eigenvalue weighted by Gasteiger charge is 2.36. The fourth-order valence-corrected chi connectivity index (χ4v) is 4.27. The van der Waals surface area contributed by atoms with Crippen molar-refractivity contribution in [2.75, 3.05) is 6.54 Å². The lowest BCUT2D eigenvalue weighted by Crippen LogP contribution is -2.40. The third kappa shape index (κ3) is 3.82. The molecule has 118 valence electrons. The Morgan fingerprint density at radius 3 is 2.62 bits per heavy atom. The fraction of sp³-hybridized carbons (Fsp3) is 0.692. The molecule has 0 radical (unpaired) electrons. The van der Waals surface area contributed by atoms with E-state index in [1.165, 1.54) is 16.9 Å². The molecule has 0 atom stereocenters. The van der Waals surface area contributed by atoms with Crippen LogP contribution in [0.4, 0.5) is 0 Å². The number of hydrogen-bond donors (Lipinski definition) is 2. The zero-order valence-electron chi connectivity index (χ0n) is 12.1. The summed E-state index contributed by atoms with van der Waals surface area (Å²) in [6.07, 6.45) is 5.88. The minimum Gasteiger partial charge on any atom is -0.481 e. The standard InChI is InChI=1S/C13H21N3O4S/c1-16-11(5-8-14-16)21(19,20)15-10-13(9-12(17)18)6-3-2-4-7-13/h5,8,15H,2-4,6-7,9-10H2,1H3,(H,17,18). The van der Waals surface area contributed by atoms with Gasteiger partial charge in [-0.05, 0) is 24.3 Å². The number of sulfonamides is 1. The van der Waals surface area contributed by atoms with Crippen molar-refractivity contribution < 1.29 is 18.3 Å². The summed E-state index contributed by atoms with van der Waals surface area (Å²) in [6, 6.07) is 1.42. The molecule has 0 aromatic carbocycles. The van der Waals surface area contributed by atoms with Gasteiger partial charge in [-0.1, -0.05) is 19.3 Å². The van der Waals surface area contributed by atoms with Gasteiger partial charge in [0, 0.05) is 13.6 Å². The molecule has 1 fully saturated rings. The number of aryl methyl sites for hydroxylation is 1. The molecule has 1 saturated carbocycles. The van der Waals surface area contributed by atoms with Gasteiger partial charge in [-0.2, -0.15) is 5.10 Å². The number of carboxylic acid groups (broad SMARTS) is 1. The summed E-state index contributed by atoms with van der Waals surface area (Å²) in [4.78, 5) is 11.1. The molecule has 0 unspecified atom stereocenters. The van der Waals surface area contributed by atoms with E-state index in [0.29, 0.717) is 0 Å². The summed E-state index contributed by atoms with van der Waals surface area (Å²) in [5.74, 6) is -0.878. The molecular formula is C13H21N3O4S. The van der Waals surface area contributed by atoms with Crippen molar-refractivity contribution in [1.29, 1.82) is 0 Å². The Labute approximate surface area is 124 Å². The minimum absolute atomic E-state index is 0.000900. The van der Waals surface area contributed by atoms with Crippen LogP contribution in [-0.2, 0) is 21.9 Å². The first kappa shape index (κ1) is 16.0. The Hall–Kier alpha value is -1.41. The zero-order chi connectivity index (χ0) is 15.5. The number of hydrogen-bond acceptors (Lipinski definition) is 4. The van der Waals surface area contributed by atoms with Gasteiger partial charge in [0.15, 0.2) is 5.03 Å². The normalized spacial score (nSPS) is 18.5. The Kier molecular flexibility index (Phi) is 4.67. The molecule has 0 saturated heterocycles. The highest BCUT2D eigenvalue weighted by molar-refractivity contribution is 7.89. The van der Waals surface area contributed by atoms with Gasteiger partial charge in [-0.3, -0.25) is 9.48 Å². The zero-order valence-corrected chi connectivity index (χ0v) is 12.9. The maximum Gasteiger partial charge on any atom is 0.303 e. The van der Waals surface area contributed by atoms with Gasteiger partial charge in [0.2, 0.25) is 0 Å². The second-order valence-corrected chi connectivity index (χ2v) is 7.46. The smallest absolute Gasteiger partial charge is 0.303 e. The van der Waals surface area contributed by atoms with Crippen LogP contribution in [0, 0.1) is 5.41 Å². The lowest BCUT2D eigenvalue weighted by molar-refractivity contribution is -0.140. The number of nitrogens with zero attached hydrogens (tertiary/aromatic N) is 2. The lowest BCUT2D eigenvalue weighted by atomic mass is 9.72. The van der Waals surface area contributed by atoms with E-state index in [0.717, 1.165) is 32.1 Å². The molecule has 0 amide bonds. The molecule has 1 aliphatic rings. The third-order valence-corrected chi connectivity index (χ3v) is 5.60. The highest BCUT2D eigenvalue weighted by atomic mass is 32.2. The van der Waals surface area contributed by atoms with Gasteiger partial charge in [-0.15, -0.1) is 0 Å².